The molecular formula is C12H14FN3. The van der Waals surface area contributed by atoms with E-state index >= 15 is 0 Å². The Hall–Kier alpha value is -1.84. The second-order valence-corrected chi connectivity index (χ2v) is 3.84. The maximum atomic E-state index is 13.0. The third-order valence-corrected chi connectivity index (χ3v) is 2.41. The average Bonchev–Trinajstić information content (AvgIpc) is 2.66. The summed E-state index contributed by atoms with van der Waals surface area (Å²) in [6, 6.07) is 5.01. The summed E-state index contributed by atoms with van der Waals surface area (Å²) in [7, 11) is 1.88. The molecule has 0 aliphatic heterocycles. The maximum Gasteiger partial charge on any atom is 0.126 e. The highest BCUT2D eigenvalue weighted by Crippen LogP contribution is 2.14. The van der Waals surface area contributed by atoms with Crippen LogP contribution in [0.2, 0.25) is 0 Å². The van der Waals surface area contributed by atoms with Crippen molar-refractivity contribution in [2.75, 3.05) is 5.32 Å². The van der Waals surface area contributed by atoms with Gasteiger partial charge in [0.05, 0.1) is 6.20 Å². The van der Waals surface area contributed by atoms with Gasteiger partial charge in [0.15, 0.2) is 0 Å². The summed E-state index contributed by atoms with van der Waals surface area (Å²) in [6.07, 6.45) is 3.76. The topological polar surface area (TPSA) is 29.9 Å². The minimum Gasteiger partial charge on any atom is -0.381 e. The Morgan fingerprint density at radius 3 is 2.88 bits per heavy atom. The fourth-order valence-corrected chi connectivity index (χ4v) is 1.52. The van der Waals surface area contributed by atoms with Crippen LogP contribution in [0.3, 0.4) is 0 Å². The molecule has 0 fully saturated rings. The van der Waals surface area contributed by atoms with Crippen molar-refractivity contribution in [1.29, 1.82) is 0 Å². The molecule has 0 radical (unpaired) electrons. The number of hydrogen-bond acceptors (Lipinski definition) is 2. The molecule has 3 nitrogen and oxygen atoms in total. The van der Waals surface area contributed by atoms with E-state index in [0.717, 1.165) is 11.3 Å². The first-order chi connectivity index (χ1) is 7.65. The number of rotatable bonds is 3. The monoisotopic (exact) mass is 219 g/mol. The minimum absolute atomic E-state index is 0.174. The van der Waals surface area contributed by atoms with Gasteiger partial charge in [0.25, 0.3) is 0 Å². The van der Waals surface area contributed by atoms with Crippen molar-refractivity contribution in [3.05, 3.63) is 47.5 Å². The van der Waals surface area contributed by atoms with Crippen LogP contribution in [0.5, 0.6) is 0 Å². The van der Waals surface area contributed by atoms with E-state index in [0.29, 0.717) is 12.1 Å². The molecule has 1 heterocycles. The van der Waals surface area contributed by atoms with Crippen molar-refractivity contribution in [1.82, 2.24) is 9.78 Å². The highest BCUT2D eigenvalue weighted by molar-refractivity contribution is 5.46. The van der Waals surface area contributed by atoms with Crippen LogP contribution in [-0.2, 0) is 13.6 Å². The summed E-state index contributed by atoms with van der Waals surface area (Å²) in [6.45, 7) is 2.45. The predicted molar refractivity (Wildman–Crippen MR) is 61.7 cm³/mol. The lowest BCUT2D eigenvalue weighted by Gasteiger charge is -2.06. The van der Waals surface area contributed by atoms with E-state index in [2.05, 4.69) is 10.4 Å². The summed E-state index contributed by atoms with van der Waals surface area (Å²) in [5.74, 6) is -0.174. The Morgan fingerprint density at radius 1 is 1.44 bits per heavy atom. The Labute approximate surface area is 93.9 Å². The number of nitrogens with one attached hydrogen (secondary N) is 1. The zero-order valence-electron chi connectivity index (χ0n) is 9.37. The molecule has 2 aromatic rings. The molecule has 4 heteroatoms. The standard InChI is InChI=1S/C12H14FN3/c1-9-5-11(3-4-12(9)13)14-6-10-7-15-16(2)8-10/h3-5,7-8,14H,6H2,1-2H3. The van der Waals surface area contributed by atoms with Crippen molar-refractivity contribution in [2.45, 2.75) is 13.5 Å². The summed E-state index contributed by atoms with van der Waals surface area (Å²) >= 11 is 0. The molecule has 0 saturated carbocycles. The summed E-state index contributed by atoms with van der Waals surface area (Å²) in [5, 5.41) is 7.30. The van der Waals surface area contributed by atoms with Gasteiger partial charge in [-0.1, -0.05) is 0 Å². The molecule has 0 aliphatic rings. The maximum absolute atomic E-state index is 13.0. The van der Waals surface area contributed by atoms with Gasteiger partial charge in [0.2, 0.25) is 0 Å². The first-order valence-corrected chi connectivity index (χ1v) is 5.13. The summed E-state index contributed by atoms with van der Waals surface area (Å²) in [4.78, 5) is 0. The van der Waals surface area contributed by atoms with E-state index in [1.54, 1.807) is 23.7 Å². The average molecular weight is 219 g/mol. The van der Waals surface area contributed by atoms with Gasteiger partial charge in [-0.25, -0.2) is 4.39 Å². The fraction of sp³-hybridized carbons (Fsp3) is 0.250. The Bertz CT molecular complexity index is 491. The van der Waals surface area contributed by atoms with Crippen LogP contribution >= 0.6 is 0 Å². The molecule has 0 aliphatic carbocycles. The second kappa shape index (κ2) is 4.35. The third kappa shape index (κ3) is 2.39. The summed E-state index contributed by atoms with van der Waals surface area (Å²) < 4.78 is 14.8. The molecule has 0 bridgehead atoms. The van der Waals surface area contributed by atoms with E-state index < -0.39 is 0 Å². The lowest BCUT2D eigenvalue weighted by molar-refractivity contribution is 0.618. The molecule has 1 aromatic heterocycles. The lowest BCUT2D eigenvalue weighted by atomic mass is 10.2. The number of aryl methyl sites for hydroxylation is 2. The van der Waals surface area contributed by atoms with Crippen LogP contribution in [0.4, 0.5) is 10.1 Å². The SMILES string of the molecule is Cc1cc(NCc2cnn(C)c2)ccc1F. The van der Waals surface area contributed by atoms with E-state index in [-0.39, 0.29) is 5.82 Å². The van der Waals surface area contributed by atoms with Gasteiger partial charge >= 0.3 is 0 Å². The van der Waals surface area contributed by atoms with E-state index in [1.165, 1.54) is 6.07 Å². The van der Waals surface area contributed by atoms with Gasteiger partial charge in [-0.2, -0.15) is 5.10 Å². The highest BCUT2D eigenvalue weighted by Gasteiger charge is 1.99. The minimum atomic E-state index is -0.174. The molecule has 1 aromatic carbocycles. The van der Waals surface area contributed by atoms with Crippen LogP contribution < -0.4 is 5.32 Å². The quantitative estimate of drug-likeness (QED) is 0.859. The fourth-order valence-electron chi connectivity index (χ4n) is 1.52. The van der Waals surface area contributed by atoms with Crippen molar-refractivity contribution in [3.63, 3.8) is 0 Å². The van der Waals surface area contributed by atoms with Crippen LogP contribution in [0.1, 0.15) is 11.1 Å². The molecule has 0 unspecified atom stereocenters. The van der Waals surface area contributed by atoms with Crippen molar-refractivity contribution in [2.24, 2.45) is 7.05 Å². The van der Waals surface area contributed by atoms with E-state index in [1.807, 2.05) is 19.4 Å². The van der Waals surface area contributed by atoms with Crippen LogP contribution in [0.15, 0.2) is 30.6 Å². The number of nitrogens with zero attached hydrogens (tertiary/aromatic N) is 2. The van der Waals surface area contributed by atoms with Gasteiger partial charge in [-0.15, -0.1) is 0 Å². The van der Waals surface area contributed by atoms with Crippen LogP contribution in [-0.4, -0.2) is 9.78 Å². The molecule has 84 valence electrons. The van der Waals surface area contributed by atoms with Crippen molar-refractivity contribution < 1.29 is 4.39 Å². The van der Waals surface area contributed by atoms with Gasteiger partial charge in [0.1, 0.15) is 5.82 Å². The number of hydrogen-bond donors (Lipinski definition) is 1. The molecule has 16 heavy (non-hydrogen) atoms. The largest absolute Gasteiger partial charge is 0.381 e. The Kier molecular flexibility index (Phi) is 2.90. The number of benzene rings is 1. The molecular weight excluding hydrogens is 205 g/mol. The van der Waals surface area contributed by atoms with Gasteiger partial charge < -0.3 is 5.32 Å². The molecule has 1 N–H and O–H groups in total. The number of anilines is 1. The summed E-state index contributed by atoms with van der Waals surface area (Å²) in [5.41, 5.74) is 2.67. The first-order valence-electron chi connectivity index (χ1n) is 5.13. The van der Waals surface area contributed by atoms with Gasteiger partial charge in [-0.3, -0.25) is 4.68 Å². The van der Waals surface area contributed by atoms with Gasteiger partial charge in [0, 0.05) is 31.0 Å². The second-order valence-electron chi connectivity index (χ2n) is 3.84. The molecule has 0 atom stereocenters. The normalized spacial score (nSPS) is 10.4. The Morgan fingerprint density at radius 2 is 2.25 bits per heavy atom. The van der Waals surface area contributed by atoms with Crippen molar-refractivity contribution in [3.8, 4) is 0 Å². The molecule has 0 saturated heterocycles. The van der Waals surface area contributed by atoms with Gasteiger partial charge in [-0.05, 0) is 30.7 Å². The van der Waals surface area contributed by atoms with Crippen LogP contribution in [0.25, 0.3) is 0 Å². The first kappa shape index (κ1) is 10.7. The zero-order valence-corrected chi connectivity index (χ0v) is 9.37. The van der Waals surface area contributed by atoms with E-state index in [9.17, 15) is 4.39 Å². The zero-order chi connectivity index (χ0) is 11.5. The molecule has 0 spiro atoms. The predicted octanol–water partition coefficient (Wildman–Crippen LogP) is 2.48. The lowest BCUT2D eigenvalue weighted by Crippen LogP contribution is -1.99. The number of aromatic nitrogens is 2. The Balaban J connectivity index is 2.02. The number of halogens is 1. The molecule has 0 amide bonds. The highest BCUT2D eigenvalue weighted by atomic mass is 19.1. The van der Waals surface area contributed by atoms with Crippen LogP contribution in [0, 0.1) is 12.7 Å². The van der Waals surface area contributed by atoms with Crippen molar-refractivity contribution >= 4 is 5.69 Å². The third-order valence-electron chi connectivity index (χ3n) is 2.41. The molecule has 2 rings (SSSR count). The van der Waals surface area contributed by atoms with E-state index in [4.69, 9.17) is 0 Å². The smallest absolute Gasteiger partial charge is 0.126 e.